The Kier molecular flexibility index (Phi) is 6.07. The molecule has 2 N–H and O–H groups in total. The van der Waals surface area contributed by atoms with Gasteiger partial charge in [0.1, 0.15) is 0 Å². The minimum atomic E-state index is -0.158. The molecule has 1 aromatic heterocycles. The zero-order valence-electron chi connectivity index (χ0n) is 9.86. The van der Waals surface area contributed by atoms with Gasteiger partial charge in [0.2, 0.25) is 11.8 Å². The van der Waals surface area contributed by atoms with E-state index in [2.05, 4.69) is 10.6 Å². The average molecular weight is 272 g/mol. The van der Waals surface area contributed by atoms with Crippen molar-refractivity contribution in [1.82, 2.24) is 10.6 Å². The van der Waals surface area contributed by atoms with Crippen molar-refractivity contribution < 1.29 is 9.59 Å². The Morgan fingerprint density at radius 2 is 2.18 bits per heavy atom. The number of thioether (sulfide) groups is 1. The average Bonchev–Trinajstić information content (AvgIpc) is 2.75. The predicted molar refractivity (Wildman–Crippen MR) is 71.3 cm³/mol. The van der Waals surface area contributed by atoms with E-state index in [-0.39, 0.29) is 24.4 Å². The first-order chi connectivity index (χ1) is 8.08. The molecular weight excluding hydrogens is 256 g/mol. The Morgan fingerprint density at radius 1 is 1.41 bits per heavy atom. The maximum absolute atomic E-state index is 11.4. The van der Waals surface area contributed by atoms with Crippen LogP contribution in [0.3, 0.4) is 0 Å². The van der Waals surface area contributed by atoms with Gasteiger partial charge in [-0.3, -0.25) is 9.59 Å². The summed E-state index contributed by atoms with van der Waals surface area (Å²) < 4.78 is 1.10. The summed E-state index contributed by atoms with van der Waals surface area (Å²) in [5, 5.41) is 7.26. The number of amides is 2. The Labute approximate surface area is 109 Å². The molecule has 0 saturated heterocycles. The molecule has 2 amide bonds. The van der Waals surface area contributed by atoms with Crippen molar-refractivity contribution >= 4 is 34.9 Å². The summed E-state index contributed by atoms with van der Waals surface area (Å²) in [6, 6.07) is 4.01. The Bertz CT molecular complexity index is 364. The second-order valence-electron chi connectivity index (χ2n) is 3.72. The highest BCUT2D eigenvalue weighted by atomic mass is 32.2. The highest BCUT2D eigenvalue weighted by Crippen LogP contribution is 2.22. The second kappa shape index (κ2) is 7.34. The molecule has 6 heteroatoms. The molecule has 1 heterocycles. The quantitative estimate of drug-likeness (QED) is 0.771. The highest BCUT2D eigenvalue weighted by molar-refractivity contribution is 8.01. The summed E-state index contributed by atoms with van der Waals surface area (Å²) in [7, 11) is 0. The van der Waals surface area contributed by atoms with Gasteiger partial charge in [-0.1, -0.05) is 6.07 Å². The summed E-state index contributed by atoms with van der Waals surface area (Å²) in [6.07, 6.45) is 0. The van der Waals surface area contributed by atoms with E-state index in [0.29, 0.717) is 5.75 Å². The number of hydrogen-bond acceptors (Lipinski definition) is 4. The number of thiophene rings is 1. The second-order valence-corrected chi connectivity index (χ2v) is 5.94. The lowest BCUT2D eigenvalue weighted by Crippen LogP contribution is -2.40. The molecule has 4 nitrogen and oxygen atoms in total. The first-order valence-corrected chi connectivity index (χ1v) is 7.17. The highest BCUT2D eigenvalue weighted by Gasteiger charge is 2.07. The van der Waals surface area contributed by atoms with Crippen LogP contribution in [0.2, 0.25) is 0 Å². The minimum absolute atomic E-state index is 0.0437. The molecule has 0 unspecified atom stereocenters. The van der Waals surface area contributed by atoms with Gasteiger partial charge in [-0.05, 0) is 25.3 Å². The summed E-state index contributed by atoms with van der Waals surface area (Å²) in [6.45, 7) is 3.81. The van der Waals surface area contributed by atoms with E-state index in [1.54, 1.807) is 11.3 Å². The molecule has 0 fully saturated rings. The van der Waals surface area contributed by atoms with Gasteiger partial charge < -0.3 is 10.6 Å². The molecule has 0 bridgehead atoms. The topological polar surface area (TPSA) is 58.2 Å². The lowest BCUT2D eigenvalue weighted by molar-refractivity contribution is -0.125. The van der Waals surface area contributed by atoms with Crippen LogP contribution in [0, 0.1) is 0 Å². The van der Waals surface area contributed by atoms with E-state index in [1.807, 2.05) is 31.4 Å². The van der Waals surface area contributed by atoms with E-state index < -0.39 is 0 Å². The third-order valence-corrected chi connectivity index (χ3v) is 3.87. The molecule has 1 rings (SSSR count). The lowest BCUT2D eigenvalue weighted by atomic mass is 10.4. The van der Waals surface area contributed by atoms with E-state index in [1.165, 1.54) is 11.8 Å². The van der Waals surface area contributed by atoms with Crippen LogP contribution in [0.15, 0.2) is 21.7 Å². The molecule has 0 aliphatic carbocycles. The minimum Gasteiger partial charge on any atom is -0.352 e. The number of nitrogens with one attached hydrogen (secondary N) is 2. The fourth-order valence-corrected chi connectivity index (χ4v) is 2.70. The molecule has 0 saturated carbocycles. The Hall–Kier alpha value is -1.01. The van der Waals surface area contributed by atoms with Crippen molar-refractivity contribution in [3.05, 3.63) is 17.5 Å². The van der Waals surface area contributed by atoms with Crippen molar-refractivity contribution in [3.63, 3.8) is 0 Å². The van der Waals surface area contributed by atoms with Crippen LogP contribution in [-0.4, -0.2) is 30.2 Å². The van der Waals surface area contributed by atoms with E-state index in [0.717, 1.165) is 4.21 Å². The zero-order valence-corrected chi connectivity index (χ0v) is 11.5. The summed E-state index contributed by atoms with van der Waals surface area (Å²) in [4.78, 5) is 22.7. The third kappa shape index (κ3) is 6.33. The fourth-order valence-electron chi connectivity index (χ4n) is 1.09. The van der Waals surface area contributed by atoms with Crippen molar-refractivity contribution in [2.75, 3.05) is 12.3 Å². The van der Waals surface area contributed by atoms with Gasteiger partial charge in [-0.25, -0.2) is 0 Å². The monoisotopic (exact) mass is 272 g/mol. The van der Waals surface area contributed by atoms with Crippen molar-refractivity contribution in [3.8, 4) is 0 Å². The standard InChI is InChI=1S/C11H16N2O2S2/c1-8(2)13-9(14)6-12-10(15)7-17-11-4-3-5-16-11/h3-5,8H,6-7H2,1-2H3,(H,12,15)(H,13,14). The lowest BCUT2D eigenvalue weighted by Gasteiger charge is -2.08. The first-order valence-electron chi connectivity index (χ1n) is 5.30. The molecule has 0 atom stereocenters. The molecule has 94 valence electrons. The maximum Gasteiger partial charge on any atom is 0.239 e. The van der Waals surface area contributed by atoms with Crippen molar-refractivity contribution in [2.45, 2.75) is 24.1 Å². The fraction of sp³-hybridized carbons (Fsp3) is 0.455. The molecule has 1 aromatic rings. The molecule has 0 radical (unpaired) electrons. The van der Waals surface area contributed by atoms with Gasteiger partial charge in [0, 0.05) is 6.04 Å². The molecule has 0 spiro atoms. The number of carbonyl (C=O) groups excluding carboxylic acids is 2. The Morgan fingerprint density at radius 3 is 2.76 bits per heavy atom. The summed E-state index contributed by atoms with van der Waals surface area (Å²) in [5.41, 5.74) is 0. The van der Waals surface area contributed by atoms with Gasteiger partial charge >= 0.3 is 0 Å². The van der Waals surface area contributed by atoms with Crippen LogP contribution >= 0.6 is 23.1 Å². The summed E-state index contributed by atoms with van der Waals surface area (Å²) >= 11 is 3.08. The van der Waals surface area contributed by atoms with Crippen molar-refractivity contribution in [2.24, 2.45) is 0 Å². The first kappa shape index (κ1) is 14.1. The number of hydrogen-bond donors (Lipinski definition) is 2. The van der Waals surface area contributed by atoms with Gasteiger partial charge in [0.05, 0.1) is 16.5 Å². The predicted octanol–water partition coefficient (Wildman–Crippen LogP) is 1.48. The number of carbonyl (C=O) groups is 2. The van der Waals surface area contributed by atoms with Crippen molar-refractivity contribution in [1.29, 1.82) is 0 Å². The van der Waals surface area contributed by atoms with Crippen LogP contribution < -0.4 is 10.6 Å². The molecule has 0 aliphatic rings. The van der Waals surface area contributed by atoms with Crippen LogP contribution in [0.1, 0.15) is 13.8 Å². The third-order valence-electron chi connectivity index (χ3n) is 1.74. The van der Waals surface area contributed by atoms with E-state index >= 15 is 0 Å². The molecule has 0 aromatic carbocycles. The SMILES string of the molecule is CC(C)NC(=O)CNC(=O)CSc1cccs1. The molecule has 17 heavy (non-hydrogen) atoms. The molecule has 0 aliphatic heterocycles. The van der Waals surface area contributed by atoms with Gasteiger partial charge in [-0.2, -0.15) is 0 Å². The van der Waals surface area contributed by atoms with Gasteiger partial charge in [0.15, 0.2) is 0 Å². The van der Waals surface area contributed by atoms with E-state index in [4.69, 9.17) is 0 Å². The van der Waals surface area contributed by atoms with Crippen LogP contribution in [0.5, 0.6) is 0 Å². The smallest absolute Gasteiger partial charge is 0.239 e. The molecular formula is C11H16N2O2S2. The number of rotatable bonds is 6. The van der Waals surface area contributed by atoms with Crippen LogP contribution in [-0.2, 0) is 9.59 Å². The van der Waals surface area contributed by atoms with Gasteiger partial charge in [-0.15, -0.1) is 23.1 Å². The summed E-state index contributed by atoms with van der Waals surface area (Å²) in [5.74, 6) is 0.0620. The van der Waals surface area contributed by atoms with E-state index in [9.17, 15) is 9.59 Å². The van der Waals surface area contributed by atoms with Crippen LogP contribution in [0.4, 0.5) is 0 Å². The zero-order chi connectivity index (χ0) is 12.7. The largest absolute Gasteiger partial charge is 0.352 e. The normalized spacial score (nSPS) is 10.3. The van der Waals surface area contributed by atoms with Gasteiger partial charge in [0.25, 0.3) is 0 Å². The Balaban J connectivity index is 2.15. The van der Waals surface area contributed by atoms with Crippen LogP contribution in [0.25, 0.3) is 0 Å². The maximum atomic E-state index is 11.4.